The van der Waals surface area contributed by atoms with Crippen LogP contribution in [0.3, 0.4) is 0 Å². The number of aryl methyl sites for hydroxylation is 1. The maximum absolute atomic E-state index is 11.7. The van der Waals surface area contributed by atoms with Gasteiger partial charge in [0.25, 0.3) is 5.91 Å². The van der Waals surface area contributed by atoms with E-state index in [4.69, 9.17) is 16.2 Å². The lowest BCUT2D eigenvalue weighted by Crippen LogP contribution is -2.13. The molecule has 0 saturated carbocycles. The van der Waals surface area contributed by atoms with E-state index in [1.165, 1.54) is 0 Å². The lowest BCUT2D eigenvalue weighted by Gasteiger charge is -2.11. The number of carbonyl (C=O) groups is 1. The van der Waals surface area contributed by atoms with Gasteiger partial charge in [-0.15, -0.1) is 0 Å². The van der Waals surface area contributed by atoms with E-state index in [0.717, 1.165) is 11.1 Å². The number of rotatable bonds is 4. The Balaban J connectivity index is 2.03. The lowest BCUT2D eigenvalue weighted by molar-refractivity contribution is 0.0997. The Morgan fingerprint density at radius 2 is 1.79 bits per heavy atom. The van der Waals surface area contributed by atoms with E-state index < -0.39 is 5.91 Å². The number of hydrogen-bond acceptors (Lipinski definition) is 4. The second kappa shape index (κ2) is 6.42. The van der Waals surface area contributed by atoms with Crippen LogP contribution in [0.4, 0.5) is 5.69 Å². The van der Waals surface area contributed by atoms with Gasteiger partial charge in [-0.2, -0.15) is 0 Å². The topological polar surface area (TPSA) is 91.2 Å². The second-order valence-electron chi connectivity index (χ2n) is 5.45. The molecule has 5 nitrogen and oxygen atoms in total. The number of nitrogens with zero attached hydrogens (tertiary/aromatic N) is 1. The van der Waals surface area contributed by atoms with Gasteiger partial charge in [0, 0.05) is 11.3 Å². The fraction of sp³-hybridized carbons (Fsp3) is 0.0526. The maximum Gasteiger partial charge on any atom is 0.254 e. The van der Waals surface area contributed by atoms with E-state index in [9.17, 15) is 4.79 Å². The standard InChI is InChI=1S/C19H17N3O2/c1-12-5-7-15(8-6-12)24-19-16(18(21)23)9-10-17(22-19)13-3-2-4-14(20)11-13/h2-11H,20H2,1H3,(H2,21,23). The van der Waals surface area contributed by atoms with Gasteiger partial charge >= 0.3 is 0 Å². The number of anilines is 1. The molecular weight excluding hydrogens is 302 g/mol. The van der Waals surface area contributed by atoms with Gasteiger partial charge < -0.3 is 16.2 Å². The van der Waals surface area contributed by atoms with Gasteiger partial charge in [0.05, 0.1) is 5.69 Å². The largest absolute Gasteiger partial charge is 0.438 e. The minimum atomic E-state index is -0.594. The van der Waals surface area contributed by atoms with E-state index >= 15 is 0 Å². The Morgan fingerprint density at radius 3 is 2.46 bits per heavy atom. The van der Waals surface area contributed by atoms with Gasteiger partial charge in [-0.1, -0.05) is 29.8 Å². The van der Waals surface area contributed by atoms with Crippen LogP contribution in [0, 0.1) is 6.92 Å². The Kier molecular flexibility index (Phi) is 4.16. The van der Waals surface area contributed by atoms with Gasteiger partial charge in [-0.3, -0.25) is 4.79 Å². The highest BCUT2D eigenvalue weighted by atomic mass is 16.5. The molecule has 3 aromatic rings. The van der Waals surface area contributed by atoms with Crippen molar-refractivity contribution in [1.29, 1.82) is 0 Å². The number of carbonyl (C=O) groups excluding carboxylic acids is 1. The molecule has 24 heavy (non-hydrogen) atoms. The minimum Gasteiger partial charge on any atom is -0.438 e. The van der Waals surface area contributed by atoms with Gasteiger partial charge in [0.15, 0.2) is 0 Å². The Labute approximate surface area is 139 Å². The average Bonchev–Trinajstić information content (AvgIpc) is 2.57. The second-order valence-corrected chi connectivity index (χ2v) is 5.45. The summed E-state index contributed by atoms with van der Waals surface area (Å²) in [7, 11) is 0. The molecule has 0 spiro atoms. The molecule has 0 aliphatic rings. The molecule has 0 fully saturated rings. The summed E-state index contributed by atoms with van der Waals surface area (Å²) < 4.78 is 5.77. The molecule has 5 heteroatoms. The molecule has 0 saturated heterocycles. The zero-order chi connectivity index (χ0) is 17.1. The Morgan fingerprint density at radius 1 is 1.04 bits per heavy atom. The number of nitrogen functional groups attached to an aromatic ring is 1. The molecule has 0 aliphatic carbocycles. The molecule has 2 aromatic carbocycles. The van der Waals surface area contributed by atoms with Crippen LogP contribution < -0.4 is 16.2 Å². The number of pyridine rings is 1. The summed E-state index contributed by atoms with van der Waals surface area (Å²) in [6, 6.07) is 18.1. The van der Waals surface area contributed by atoms with E-state index in [2.05, 4.69) is 4.98 Å². The molecule has 0 radical (unpaired) electrons. The van der Waals surface area contributed by atoms with Gasteiger partial charge in [0.2, 0.25) is 5.88 Å². The monoisotopic (exact) mass is 319 g/mol. The molecule has 4 N–H and O–H groups in total. The first kappa shape index (κ1) is 15.6. The zero-order valence-corrected chi connectivity index (χ0v) is 13.2. The number of amides is 1. The van der Waals surface area contributed by atoms with Crippen molar-refractivity contribution in [3.05, 3.63) is 71.8 Å². The van der Waals surface area contributed by atoms with Crippen molar-refractivity contribution in [2.24, 2.45) is 5.73 Å². The fourth-order valence-electron chi connectivity index (χ4n) is 2.28. The molecule has 1 aromatic heterocycles. The number of aromatic nitrogens is 1. The maximum atomic E-state index is 11.7. The molecule has 3 rings (SSSR count). The highest BCUT2D eigenvalue weighted by molar-refractivity contribution is 5.95. The summed E-state index contributed by atoms with van der Waals surface area (Å²) in [5.41, 5.74) is 14.7. The normalized spacial score (nSPS) is 10.4. The van der Waals surface area contributed by atoms with Crippen molar-refractivity contribution in [3.63, 3.8) is 0 Å². The van der Waals surface area contributed by atoms with Gasteiger partial charge in [0.1, 0.15) is 11.3 Å². The van der Waals surface area contributed by atoms with Crippen molar-refractivity contribution in [2.45, 2.75) is 6.92 Å². The summed E-state index contributed by atoms with van der Waals surface area (Å²) >= 11 is 0. The molecule has 120 valence electrons. The van der Waals surface area contributed by atoms with Gasteiger partial charge in [-0.05, 0) is 43.3 Å². The van der Waals surface area contributed by atoms with E-state index in [1.807, 2.05) is 49.4 Å². The summed E-state index contributed by atoms with van der Waals surface area (Å²) in [6.07, 6.45) is 0. The minimum absolute atomic E-state index is 0.172. The molecule has 1 heterocycles. The molecule has 1 amide bonds. The first-order chi connectivity index (χ1) is 11.5. The number of benzene rings is 2. The number of primary amides is 1. The summed E-state index contributed by atoms with van der Waals surface area (Å²) in [5.74, 6) is 0.162. The first-order valence-corrected chi connectivity index (χ1v) is 7.44. The van der Waals surface area contributed by atoms with Crippen molar-refractivity contribution in [2.75, 3.05) is 5.73 Å². The van der Waals surface area contributed by atoms with Crippen LogP contribution in [0.15, 0.2) is 60.7 Å². The number of ether oxygens (including phenoxy) is 1. The highest BCUT2D eigenvalue weighted by Crippen LogP contribution is 2.28. The van der Waals surface area contributed by atoms with Crippen LogP contribution in [0.5, 0.6) is 11.6 Å². The van der Waals surface area contributed by atoms with Crippen LogP contribution >= 0.6 is 0 Å². The van der Waals surface area contributed by atoms with Crippen molar-refractivity contribution in [1.82, 2.24) is 4.98 Å². The Bertz CT molecular complexity index is 889. The van der Waals surface area contributed by atoms with E-state index in [-0.39, 0.29) is 11.4 Å². The number of nitrogens with two attached hydrogens (primary N) is 2. The SMILES string of the molecule is Cc1ccc(Oc2nc(-c3cccc(N)c3)ccc2C(N)=O)cc1. The third-order valence-corrected chi connectivity index (χ3v) is 3.54. The van der Waals surface area contributed by atoms with E-state index in [0.29, 0.717) is 17.1 Å². The zero-order valence-electron chi connectivity index (χ0n) is 13.2. The Hall–Kier alpha value is -3.34. The third-order valence-electron chi connectivity index (χ3n) is 3.54. The molecule has 0 unspecified atom stereocenters. The molecule has 0 aliphatic heterocycles. The third kappa shape index (κ3) is 3.35. The van der Waals surface area contributed by atoms with Crippen molar-refractivity contribution in [3.8, 4) is 22.9 Å². The highest BCUT2D eigenvalue weighted by Gasteiger charge is 2.14. The fourth-order valence-corrected chi connectivity index (χ4v) is 2.28. The average molecular weight is 319 g/mol. The summed E-state index contributed by atoms with van der Waals surface area (Å²) in [6.45, 7) is 1.98. The molecular formula is C19H17N3O2. The summed E-state index contributed by atoms with van der Waals surface area (Å²) in [5, 5.41) is 0. The molecule has 0 atom stereocenters. The first-order valence-electron chi connectivity index (χ1n) is 7.44. The lowest BCUT2D eigenvalue weighted by atomic mass is 10.1. The quantitative estimate of drug-likeness (QED) is 0.720. The predicted octanol–water partition coefficient (Wildman–Crippen LogP) is 3.53. The van der Waals surface area contributed by atoms with Crippen LogP contribution in [-0.4, -0.2) is 10.9 Å². The van der Waals surface area contributed by atoms with Crippen LogP contribution in [0.1, 0.15) is 15.9 Å². The smallest absolute Gasteiger partial charge is 0.254 e. The summed E-state index contributed by atoms with van der Waals surface area (Å²) in [4.78, 5) is 16.1. The van der Waals surface area contributed by atoms with Crippen LogP contribution in [-0.2, 0) is 0 Å². The van der Waals surface area contributed by atoms with Crippen LogP contribution in [0.2, 0.25) is 0 Å². The van der Waals surface area contributed by atoms with E-state index in [1.54, 1.807) is 18.2 Å². The van der Waals surface area contributed by atoms with Crippen molar-refractivity contribution < 1.29 is 9.53 Å². The van der Waals surface area contributed by atoms with Gasteiger partial charge in [-0.25, -0.2) is 4.98 Å². The van der Waals surface area contributed by atoms with Crippen LogP contribution in [0.25, 0.3) is 11.3 Å². The predicted molar refractivity (Wildman–Crippen MR) is 93.9 cm³/mol. The molecule has 0 bridgehead atoms. The number of hydrogen-bond donors (Lipinski definition) is 2. The van der Waals surface area contributed by atoms with Crippen molar-refractivity contribution >= 4 is 11.6 Å².